The van der Waals surface area contributed by atoms with Crippen LogP contribution in [0.4, 0.5) is 5.82 Å². The number of aromatic nitrogens is 2. The zero-order valence-electron chi connectivity index (χ0n) is 12.4. The Balaban J connectivity index is 2.29. The molecule has 0 saturated heterocycles. The van der Waals surface area contributed by atoms with Crippen molar-refractivity contribution in [1.82, 2.24) is 4.98 Å². The second-order valence-corrected chi connectivity index (χ2v) is 5.31. The van der Waals surface area contributed by atoms with Gasteiger partial charge in [-0.1, -0.05) is 25.5 Å². The third kappa shape index (κ3) is 2.21. The average Bonchev–Trinajstić information content (AvgIpc) is 2.86. The van der Waals surface area contributed by atoms with E-state index in [0.717, 1.165) is 47.4 Å². The molecule has 4 heteroatoms. The number of benzene rings is 1. The van der Waals surface area contributed by atoms with Crippen molar-refractivity contribution in [2.75, 3.05) is 11.9 Å². The summed E-state index contributed by atoms with van der Waals surface area (Å²) in [4.78, 5) is 3.37. The van der Waals surface area contributed by atoms with Crippen molar-refractivity contribution in [2.24, 2.45) is 0 Å². The van der Waals surface area contributed by atoms with E-state index >= 15 is 0 Å². The van der Waals surface area contributed by atoms with Crippen LogP contribution in [0.5, 0.6) is 0 Å². The maximum absolute atomic E-state index is 9.44. The van der Waals surface area contributed by atoms with Crippen molar-refractivity contribution in [2.45, 2.75) is 26.7 Å². The Morgan fingerprint density at radius 1 is 1.33 bits per heavy atom. The van der Waals surface area contributed by atoms with E-state index in [-0.39, 0.29) is 0 Å². The molecule has 2 heterocycles. The second kappa shape index (κ2) is 5.45. The molecule has 0 aliphatic heterocycles. The summed E-state index contributed by atoms with van der Waals surface area (Å²) in [5.74, 6) is 1.03. The molecule has 0 spiro atoms. The van der Waals surface area contributed by atoms with Crippen LogP contribution >= 0.6 is 0 Å². The molecule has 0 unspecified atom stereocenters. The second-order valence-electron chi connectivity index (χ2n) is 5.31. The molecule has 0 aliphatic carbocycles. The van der Waals surface area contributed by atoms with Crippen LogP contribution < -0.4 is 9.72 Å². The normalized spacial score (nSPS) is 10.9. The standard InChI is InChI=1S/C17H18N4/c1-3-4-9-19-16-10-12(2)13(11-18)17-20-14-7-5-6-8-15(14)21(16)17/h5-8,10H,3-4,9H2,1-2H3,(H,19,20)/p+1. The number of nitrogens with zero attached hydrogens (tertiary/aromatic N) is 2. The molecule has 0 aliphatic rings. The lowest BCUT2D eigenvalue weighted by molar-refractivity contribution is -0.465. The average molecular weight is 279 g/mol. The van der Waals surface area contributed by atoms with E-state index < -0.39 is 0 Å². The van der Waals surface area contributed by atoms with Crippen LogP contribution in [-0.2, 0) is 0 Å². The van der Waals surface area contributed by atoms with Gasteiger partial charge in [-0.25, -0.2) is 0 Å². The number of H-pyrrole nitrogens is 1. The number of nitrogens with one attached hydrogen (secondary N) is 2. The number of pyridine rings is 1. The molecule has 2 aromatic heterocycles. The van der Waals surface area contributed by atoms with Crippen LogP contribution in [0.1, 0.15) is 30.9 Å². The number of hydrogen-bond acceptors (Lipinski definition) is 2. The number of para-hydroxylation sites is 2. The molecule has 106 valence electrons. The molecule has 3 aromatic rings. The summed E-state index contributed by atoms with van der Waals surface area (Å²) in [6.07, 6.45) is 2.29. The summed E-state index contributed by atoms with van der Waals surface area (Å²) < 4.78 is 2.11. The van der Waals surface area contributed by atoms with Gasteiger partial charge in [0.2, 0.25) is 11.5 Å². The van der Waals surface area contributed by atoms with Gasteiger partial charge in [0.05, 0.1) is 6.54 Å². The van der Waals surface area contributed by atoms with Gasteiger partial charge >= 0.3 is 0 Å². The Bertz CT molecular complexity index is 839. The minimum absolute atomic E-state index is 0.701. The number of unbranched alkanes of at least 4 members (excludes halogenated alkanes) is 1. The molecular weight excluding hydrogens is 260 g/mol. The third-order valence-corrected chi connectivity index (χ3v) is 3.80. The fourth-order valence-electron chi connectivity index (χ4n) is 2.70. The highest BCUT2D eigenvalue weighted by Gasteiger charge is 2.19. The number of imidazole rings is 1. The first-order valence-electron chi connectivity index (χ1n) is 7.36. The lowest BCUT2D eigenvalue weighted by atomic mass is 10.1. The first kappa shape index (κ1) is 13.4. The molecule has 2 N–H and O–H groups in total. The molecule has 0 amide bonds. The van der Waals surface area contributed by atoms with Gasteiger partial charge in [0, 0.05) is 6.07 Å². The molecule has 0 bridgehead atoms. The van der Waals surface area contributed by atoms with Gasteiger partial charge in [-0.15, -0.1) is 0 Å². The molecule has 3 rings (SSSR count). The predicted octanol–water partition coefficient (Wildman–Crippen LogP) is 3.30. The fraction of sp³-hybridized carbons (Fsp3) is 0.294. The number of fused-ring (bicyclic) bond motifs is 3. The summed E-state index contributed by atoms with van der Waals surface area (Å²) in [6, 6.07) is 12.5. The number of hydrogen-bond donors (Lipinski definition) is 2. The zero-order chi connectivity index (χ0) is 14.8. The lowest BCUT2D eigenvalue weighted by Crippen LogP contribution is -2.27. The molecule has 0 fully saturated rings. The van der Waals surface area contributed by atoms with Crippen LogP contribution in [0.2, 0.25) is 0 Å². The van der Waals surface area contributed by atoms with Gasteiger partial charge in [-0.2, -0.15) is 9.66 Å². The molecule has 21 heavy (non-hydrogen) atoms. The molecule has 0 saturated carbocycles. The maximum Gasteiger partial charge on any atom is 0.250 e. The Labute approximate surface area is 124 Å². The molecule has 0 radical (unpaired) electrons. The quantitative estimate of drug-likeness (QED) is 0.568. The summed E-state index contributed by atoms with van der Waals surface area (Å²) in [6.45, 7) is 5.10. The number of anilines is 1. The van der Waals surface area contributed by atoms with Gasteiger partial charge in [0.25, 0.3) is 0 Å². The first-order chi connectivity index (χ1) is 10.3. The highest BCUT2D eigenvalue weighted by Crippen LogP contribution is 2.19. The van der Waals surface area contributed by atoms with E-state index in [4.69, 9.17) is 0 Å². The number of rotatable bonds is 4. The van der Waals surface area contributed by atoms with Gasteiger partial charge in [-0.3, -0.25) is 4.98 Å². The monoisotopic (exact) mass is 279 g/mol. The summed E-state index contributed by atoms with van der Waals surface area (Å²) in [5.41, 5.74) is 4.68. The summed E-state index contributed by atoms with van der Waals surface area (Å²) >= 11 is 0. The predicted molar refractivity (Wildman–Crippen MR) is 84.3 cm³/mol. The molecule has 0 atom stereocenters. The van der Waals surface area contributed by atoms with Gasteiger partial charge in [-0.05, 0) is 31.0 Å². The van der Waals surface area contributed by atoms with Crippen LogP contribution in [0, 0.1) is 18.3 Å². The van der Waals surface area contributed by atoms with Gasteiger partial charge < -0.3 is 5.32 Å². The Morgan fingerprint density at radius 3 is 2.90 bits per heavy atom. The third-order valence-electron chi connectivity index (χ3n) is 3.80. The first-order valence-corrected chi connectivity index (χ1v) is 7.36. The van der Waals surface area contributed by atoms with Crippen molar-refractivity contribution >= 4 is 22.5 Å². The van der Waals surface area contributed by atoms with E-state index in [9.17, 15) is 5.26 Å². The Morgan fingerprint density at radius 2 is 2.14 bits per heavy atom. The Kier molecular flexibility index (Phi) is 3.49. The summed E-state index contributed by atoms with van der Waals surface area (Å²) in [7, 11) is 0. The van der Waals surface area contributed by atoms with Crippen LogP contribution in [0.3, 0.4) is 0 Å². The van der Waals surface area contributed by atoms with E-state index in [1.807, 2.05) is 25.1 Å². The smallest absolute Gasteiger partial charge is 0.250 e. The van der Waals surface area contributed by atoms with Crippen molar-refractivity contribution in [3.8, 4) is 6.07 Å². The lowest BCUT2D eigenvalue weighted by Gasteiger charge is -2.06. The van der Waals surface area contributed by atoms with E-state index in [1.165, 1.54) is 0 Å². The molecule has 4 nitrogen and oxygen atoms in total. The van der Waals surface area contributed by atoms with Gasteiger partial charge in [0.15, 0.2) is 0 Å². The van der Waals surface area contributed by atoms with Crippen molar-refractivity contribution < 1.29 is 4.40 Å². The number of aryl methyl sites for hydroxylation is 1. The van der Waals surface area contributed by atoms with Crippen LogP contribution in [-0.4, -0.2) is 11.5 Å². The van der Waals surface area contributed by atoms with E-state index in [1.54, 1.807) is 0 Å². The SMILES string of the molecule is CCCCNc1cc(C)c(C#N)c2[nH]c3ccccc3[n+]12. The van der Waals surface area contributed by atoms with Crippen molar-refractivity contribution in [1.29, 1.82) is 5.26 Å². The topological polar surface area (TPSA) is 55.7 Å². The number of nitriles is 1. The van der Waals surface area contributed by atoms with E-state index in [2.05, 4.69) is 39.8 Å². The van der Waals surface area contributed by atoms with Crippen LogP contribution in [0.25, 0.3) is 16.7 Å². The minimum Gasteiger partial charge on any atom is -0.305 e. The van der Waals surface area contributed by atoms with Crippen molar-refractivity contribution in [3.05, 3.63) is 41.5 Å². The fourth-order valence-corrected chi connectivity index (χ4v) is 2.70. The minimum atomic E-state index is 0.701. The molecular formula is C17H19N4+. The van der Waals surface area contributed by atoms with E-state index in [0.29, 0.717) is 5.56 Å². The number of aromatic amines is 1. The highest BCUT2D eigenvalue weighted by atomic mass is 15.1. The van der Waals surface area contributed by atoms with Gasteiger partial charge in [0.1, 0.15) is 22.7 Å². The molecule has 1 aromatic carbocycles. The zero-order valence-corrected chi connectivity index (χ0v) is 12.4. The van der Waals surface area contributed by atoms with Crippen LogP contribution in [0.15, 0.2) is 30.3 Å². The largest absolute Gasteiger partial charge is 0.305 e. The van der Waals surface area contributed by atoms with Crippen molar-refractivity contribution in [3.63, 3.8) is 0 Å². The maximum atomic E-state index is 9.44. The highest BCUT2D eigenvalue weighted by molar-refractivity contribution is 5.77. The Hall–Kier alpha value is -2.54. The summed E-state index contributed by atoms with van der Waals surface area (Å²) in [5, 5.41) is 12.9.